The number of anilines is 2. The Balaban J connectivity index is 1.51. The second-order valence-electron chi connectivity index (χ2n) is 6.50. The lowest BCUT2D eigenvalue weighted by Gasteiger charge is -2.32. The largest absolute Gasteiger partial charge is 0.450 e. The van der Waals surface area contributed by atoms with E-state index in [-0.39, 0.29) is 17.8 Å². The maximum absolute atomic E-state index is 13.2. The number of aromatic nitrogens is 1. The zero-order chi connectivity index (χ0) is 19.9. The fourth-order valence-corrected chi connectivity index (χ4v) is 3.03. The molecule has 8 heteroatoms. The number of hydrogen-bond acceptors (Lipinski definition) is 5. The van der Waals surface area contributed by atoms with Crippen molar-refractivity contribution in [3.8, 4) is 0 Å². The van der Waals surface area contributed by atoms with Crippen LogP contribution in [0.5, 0.6) is 0 Å². The molecule has 2 heterocycles. The van der Waals surface area contributed by atoms with Crippen LogP contribution in [0.1, 0.15) is 30.3 Å². The number of amides is 2. The molecule has 0 bridgehead atoms. The van der Waals surface area contributed by atoms with E-state index in [1.54, 1.807) is 36.2 Å². The minimum Gasteiger partial charge on any atom is -0.450 e. The molecule has 148 valence electrons. The molecule has 3 rings (SSSR count). The van der Waals surface area contributed by atoms with E-state index in [1.807, 2.05) is 0 Å². The van der Waals surface area contributed by atoms with Gasteiger partial charge in [-0.3, -0.25) is 4.79 Å². The van der Waals surface area contributed by atoms with E-state index < -0.39 is 11.7 Å². The highest BCUT2D eigenvalue weighted by molar-refractivity contribution is 6.02. The molecule has 1 saturated heterocycles. The number of likely N-dealkylation sites (tertiary alicyclic amines) is 1. The molecule has 7 nitrogen and oxygen atoms in total. The average molecular weight is 386 g/mol. The van der Waals surface area contributed by atoms with Crippen molar-refractivity contribution in [3.63, 3.8) is 0 Å². The van der Waals surface area contributed by atoms with Crippen molar-refractivity contribution < 1.29 is 18.7 Å². The summed E-state index contributed by atoms with van der Waals surface area (Å²) in [5, 5.41) is 5.99. The van der Waals surface area contributed by atoms with Gasteiger partial charge in [-0.15, -0.1) is 0 Å². The molecule has 1 aromatic heterocycles. The number of piperidine rings is 1. The summed E-state index contributed by atoms with van der Waals surface area (Å²) in [6.07, 6.45) is 2.94. The second kappa shape index (κ2) is 9.16. The van der Waals surface area contributed by atoms with E-state index in [9.17, 15) is 14.0 Å². The standard InChI is InChI=1S/C20H23FN4O3/c1-2-28-20(27)25-10-8-15(9-11-25)23-17-6-7-18(22-13-17)19(26)24-16-5-3-4-14(21)12-16/h3-7,12-13,15,23H,2,8-11H2,1H3,(H,24,26). The van der Waals surface area contributed by atoms with Crippen molar-refractivity contribution in [2.75, 3.05) is 30.3 Å². The van der Waals surface area contributed by atoms with Crippen LogP contribution in [0.2, 0.25) is 0 Å². The Bertz CT molecular complexity index is 820. The first-order chi connectivity index (χ1) is 13.5. The highest BCUT2D eigenvalue weighted by Crippen LogP contribution is 2.17. The van der Waals surface area contributed by atoms with Crippen LogP contribution in [0.15, 0.2) is 42.6 Å². The van der Waals surface area contributed by atoms with Gasteiger partial charge in [0, 0.05) is 24.8 Å². The van der Waals surface area contributed by atoms with Gasteiger partial charge in [-0.05, 0) is 50.1 Å². The van der Waals surface area contributed by atoms with E-state index in [0.717, 1.165) is 18.5 Å². The van der Waals surface area contributed by atoms with Crippen LogP contribution in [0.25, 0.3) is 0 Å². The van der Waals surface area contributed by atoms with Crippen LogP contribution in [0, 0.1) is 5.82 Å². The van der Waals surface area contributed by atoms with E-state index in [2.05, 4.69) is 15.6 Å². The molecule has 0 saturated carbocycles. The maximum atomic E-state index is 13.2. The van der Waals surface area contributed by atoms with Crippen molar-refractivity contribution in [1.29, 1.82) is 0 Å². The zero-order valence-electron chi connectivity index (χ0n) is 15.7. The third kappa shape index (κ3) is 5.18. The molecule has 0 radical (unpaired) electrons. The van der Waals surface area contributed by atoms with E-state index in [1.165, 1.54) is 18.2 Å². The summed E-state index contributed by atoms with van der Waals surface area (Å²) in [5.74, 6) is -0.820. The van der Waals surface area contributed by atoms with Crippen molar-refractivity contribution in [3.05, 3.63) is 54.1 Å². The van der Waals surface area contributed by atoms with Gasteiger partial charge in [-0.2, -0.15) is 0 Å². The van der Waals surface area contributed by atoms with Crippen LogP contribution >= 0.6 is 0 Å². The Labute approximate surface area is 162 Å². The van der Waals surface area contributed by atoms with Gasteiger partial charge in [0.05, 0.1) is 18.5 Å². The summed E-state index contributed by atoms with van der Waals surface area (Å²) in [6, 6.07) is 9.32. The third-order valence-corrected chi connectivity index (χ3v) is 4.47. The number of pyridine rings is 1. The van der Waals surface area contributed by atoms with Gasteiger partial charge in [0.1, 0.15) is 11.5 Å². The summed E-state index contributed by atoms with van der Waals surface area (Å²) in [6.45, 7) is 3.44. The number of rotatable bonds is 5. The van der Waals surface area contributed by atoms with Gasteiger partial charge < -0.3 is 20.3 Å². The smallest absolute Gasteiger partial charge is 0.409 e. The fourth-order valence-electron chi connectivity index (χ4n) is 3.03. The lowest BCUT2D eigenvalue weighted by molar-refractivity contribution is 0.0982. The monoisotopic (exact) mass is 386 g/mol. The van der Waals surface area contributed by atoms with Crippen molar-refractivity contribution >= 4 is 23.4 Å². The highest BCUT2D eigenvalue weighted by Gasteiger charge is 2.23. The summed E-state index contributed by atoms with van der Waals surface area (Å²) in [5.41, 5.74) is 1.42. The number of hydrogen-bond donors (Lipinski definition) is 2. The molecule has 0 atom stereocenters. The van der Waals surface area contributed by atoms with Gasteiger partial charge in [-0.1, -0.05) is 6.07 Å². The van der Waals surface area contributed by atoms with Gasteiger partial charge >= 0.3 is 6.09 Å². The first-order valence-corrected chi connectivity index (χ1v) is 9.26. The summed E-state index contributed by atoms with van der Waals surface area (Å²) < 4.78 is 18.2. The van der Waals surface area contributed by atoms with Crippen molar-refractivity contribution in [2.24, 2.45) is 0 Å². The second-order valence-corrected chi connectivity index (χ2v) is 6.50. The Morgan fingerprint density at radius 1 is 1.21 bits per heavy atom. The SMILES string of the molecule is CCOC(=O)N1CCC(Nc2ccc(C(=O)Nc3cccc(F)c3)nc2)CC1. The normalized spacial score (nSPS) is 14.4. The fraction of sp³-hybridized carbons (Fsp3) is 0.350. The number of nitrogens with one attached hydrogen (secondary N) is 2. The van der Waals surface area contributed by atoms with E-state index in [4.69, 9.17) is 4.74 Å². The predicted octanol–water partition coefficient (Wildman–Crippen LogP) is 3.51. The quantitative estimate of drug-likeness (QED) is 0.822. The van der Waals surface area contributed by atoms with E-state index >= 15 is 0 Å². The third-order valence-electron chi connectivity index (χ3n) is 4.47. The van der Waals surface area contributed by atoms with Crippen LogP contribution < -0.4 is 10.6 Å². The maximum Gasteiger partial charge on any atom is 0.409 e. The Morgan fingerprint density at radius 2 is 2.00 bits per heavy atom. The van der Waals surface area contributed by atoms with Crippen molar-refractivity contribution in [2.45, 2.75) is 25.8 Å². The minimum absolute atomic E-state index is 0.222. The molecule has 1 fully saturated rings. The number of ether oxygens (including phenoxy) is 1. The summed E-state index contributed by atoms with van der Waals surface area (Å²) in [4.78, 5) is 29.8. The molecule has 1 aliphatic heterocycles. The van der Waals surface area contributed by atoms with Gasteiger partial charge in [-0.25, -0.2) is 14.2 Å². The van der Waals surface area contributed by atoms with Gasteiger partial charge in [0.15, 0.2) is 0 Å². The molecule has 2 aromatic rings. The lowest BCUT2D eigenvalue weighted by Crippen LogP contribution is -2.42. The summed E-state index contributed by atoms with van der Waals surface area (Å²) in [7, 11) is 0. The Kier molecular flexibility index (Phi) is 6.41. The molecule has 2 N–H and O–H groups in total. The molecule has 28 heavy (non-hydrogen) atoms. The minimum atomic E-state index is -0.417. The number of benzene rings is 1. The Morgan fingerprint density at radius 3 is 2.64 bits per heavy atom. The summed E-state index contributed by atoms with van der Waals surface area (Å²) >= 11 is 0. The molecular weight excluding hydrogens is 363 g/mol. The predicted molar refractivity (Wildman–Crippen MR) is 104 cm³/mol. The number of nitrogens with zero attached hydrogens (tertiary/aromatic N) is 2. The Hall–Kier alpha value is -3.16. The van der Waals surface area contributed by atoms with E-state index in [0.29, 0.717) is 25.4 Å². The zero-order valence-corrected chi connectivity index (χ0v) is 15.7. The molecular formula is C20H23FN4O3. The highest BCUT2D eigenvalue weighted by atomic mass is 19.1. The van der Waals surface area contributed by atoms with Crippen molar-refractivity contribution in [1.82, 2.24) is 9.88 Å². The number of carbonyl (C=O) groups is 2. The number of halogens is 1. The van der Waals surface area contributed by atoms with Crippen LogP contribution in [0.4, 0.5) is 20.6 Å². The first-order valence-electron chi connectivity index (χ1n) is 9.26. The van der Waals surface area contributed by atoms with Crippen LogP contribution in [0.3, 0.4) is 0 Å². The topological polar surface area (TPSA) is 83.6 Å². The molecule has 2 amide bonds. The molecule has 1 aliphatic rings. The van der Waals surface area contributed by atoms with Gasteiger partial charge in [0.25, 0.3) is 5.91 Å². The molecule has 0 aliphatic carbocycles. The molecule has 0 spiro atoms. The molecule has 0 unspecified atom stereocenters. The van der Waals surface area contributed by atoms with Crippen LogP contribution in [-0.4, -0.2) is 47.6 Å². The van der Waals surface area contributed by atoms with Crippen LogP contribution in [-0.2, 0) is 4.74 Å². The molecule has 1 aromatic carbocycles. The first kappa shape index (κ1) is 19.6. The van der Waals surface area contributed by atoms with Gasteiger partial charge in [0.2, 0.25) is 0 Å². The number of carbonyl (C=O) groups excluding carboxylic acids is 2. The lowest BCUT2D eigenvalue weighted by atomic mass is 10.1. The average Bonchev–Trinajstić information content (AvgIpc) is 2.69.